The fourth-order valence-electron chi connectivity index (χ4n) is 3.88. The second kappa shape index (κ2) is 8.70. The molecule has 1 aliphatic heterocycles. The molecule has 0 atom stereocenters. The third kappa shape index (κ3) is 3.89. The van der Waals surface area contributed by atoms with Crippen LogP contribution in [0.3, 0.4) is 0 Å². The Bertz CT molecular complexity index is 1180. The van der Waals surface area contributed by atoms with Gasteiger partial charge in [0.1, 0.15) is 19.0 Å². The number of aryl methyl sites for hydroxylation is 1. The van der Waals surface area contributed by atoms with Gasteiger partial charge in [-0.3, -0.25) is 4.98 Å². The number of hydrogen-bond acceptors (Lipinski definition) is 7. The van der Waals surface area contributed by atoms with E-state index in [-0.39, 0.29) is 31.0 Å². The Hall–Kier alpha value is -3.87. The maximum absolute atomic E-state index is 15.6. The van der Waals surface area contributed by atoms with Crippen LogP contribution in [0.2, 0.25) is 0 Å². The summed E-state index contributed by atoms with van der Waals surface area (Å²) >= 11 is 0. The van der Waals surface area contributed by atoms with E-state index < -0.39 is 11.6 Å². The van der Waals surface area contributed by atoms with E-state index in [9.17, 15) is 9.65 Å². The molecule has 1 saturated heterocycles. The molecule has 32 heavy (non-hydrogen) atoms. The Kier molecular flexibility index (Phi) is 5.81. The highest BCUT2D eigenvalue weighted by Gasteiger charge is 2.41. The predicted molar refractivity (Wildman–Crippen MR) is 113 cm³/mol. The molecule has 8 nitrogen and oxygen atoms in total. The molecule has 0 saturated carbocycles. The maximum Gasteiger partial charge on any atom is 0.255 e. The van der Waals surface area contributed by atoms with Crippen molar-refractivity contribution in [3.05, 3.63) is 60.8 Å². The fraction of sp³-hybridized carbons (Fsp3) is 0.318. The van der Waals surface area contributed by atoms with Gasteiger partial charge in [0.15, 0.2) is 17.2 Å². The predicted octanol–water partition coefficient (Wildman–Crippen LogP) is 3.31. The van der Waals surface area contributed by atoms with Crippen molar-refractivity contribution in [2.24, 2.45) is 7.05 Å². The average Bonchev–Trinajstić information content (AvgIpc) is 3.25. The second-order valence-corrected chi connectivity index (χ2v) is 7.50. The number of pyridine rings is 2. The van der Waals surface area contributed by atoms with E-state index in [1.807, 2.05) is 4.90 Å². The minimum Gasteiger partial charge on any atom is -0.485 e. The van der Waals surface area contributed by atoms with Gasteiger partial charge in [-0.15, -0.1) is 10.2 Å². The molecule has 0 aliphatic carbocycles. The van der Waals surface area contributed by atoms with Gasteiger partial charge in [-0.1, -0.05) is 12.7 Å². The van der Waals surface area contributed by atoms with Crippen LogP contribution in [0.15, 0.2) is 43.5 Å². The van der Waals surface area contributed by atoms with Crippen LogP contribution >= 0.6 is 0 Å². The average molecular weight is 437 g/mol. The van der Waals surface area contributed by atoms with Gasteiger partial charge in [0, 0.05) is 50.9 Å². The molecule has 0 N–H and O–H groups in total. The molecule has 4 rings (SSSR count). The summed E-state index contributed by atoms with van der Waals surface area (Å²) in [4.78, 5) is 10.1. The van der Waals surface area contributed by atoms with E-state index >= 15 is 4.39 Å². The molecular formula is C22H21F2N7O. The Morgan fingerprint density at radius 3 is 2.78 bits per heavy atom. The topological polar surface area (TPSA) is 92.8 Å². The summed E-state index contributed by atoms with van der Waals surface area (Å²) < 4.78 is 36.6. The number of nitrogens with zero attached hydrogens (tertiary/aromatic N) is 7. The van der Waals surface area contributed by atoms with Crippen molar-refractivity contribution in [3.63, 3.8) is 0 Å². The molecule has 0 bridgehead atoms. The van der Waals surface area contributed by atoms with Gasteiger partial charge in [-0.2, -0.15) is 9.65 Å². The number of anilines is 1. The van der Waals surface area contributed by atoms with E-state index in [0.717, 1.165) is 0 Å². The largest absolute Gasteiger partial charge is 0.485 e. The van der Waals surface area contributed by atoms with Crippen LogP contribution in [0.4, 0.5) is 14.5 Å². The molecule has 0 aromatic carbocycles. The first-order valence-corrected chi connectivity index (χ1v) is 10.0. The number of hydrogen-bond donors (Lipinski definition) is 0. The molecule has 0 unspecified atom stereocenters. The van der Waals surface area contributed by atoms with Gasteiger partial charge in [0.05, 0.1) is 16.9 Å². The highest BCUT2D eigenvalue weighted by Crippen LogP contribution is 2.40. The van der Waals surface area contributed by atoms with Crippen LogP contribution in [0.25, 0.3) is 11.3 Å². The van der Waals surface area contributed by atoms with Crippen molar-refractivity contribution >= 4 is 5.69 Å². The summed E-state index contributed by atoms with van der Waals surface area (Å²) in [6.07, 6.45) is 6.17. The highest BCUT2D eigenvalue weighted by atomic mass is 19.1. The highest BCUT2D eigenvalue weighted by molar-refractivity contribution is 5.80. The summed E-state index contributed by atoms with van der Waals surface area (Å²) in [5.74, 6) is -0.505. The zero-order chi connectivity index (χ0) is 22.7. The van der Waals surface area contributed by atoms with Crippen molar-refractivity contribution in [1.29, 1.82) is 5.26 Å². The number of halogens is 2. The summed E-state index contributed by atoms with van der Waals surface area (Å²) in [6.45, 7) is 4.35. The number of nitriles is 1. The molecule has 3 aromatic heterocycles. The number of ether oxygens (including phenoxy) is 1. The molecule has 1 fully saturated rings. The first-order chi connectivity index (χ1) is 15.5. The monoisotopic (exact) mass is 437 g/mol. The lowest BCUT2D eigenvalue weighted by Crippen LogP contribution is -2.42. The van der Waals surface area contributed by atoms with Gasteiger partial charge in [-0.05, 0) is 12.1 Å². The van der Waals surface area contributed by atoms with Crippen molar-refractivity contribution in [1.82, 2.24) is 24.7 Å². The molecule has 4 heterocycles. The Morgan fingerprint density at radius 1 is 1.34 bits per heavy atom. The van der Waals surface area contributed by atoms with Crippen molar-refractivity contribution < 1.29 is 13.5 Å². The first kappa shape index (κ1) is 21.4. The van der Waals surface area contributed by atoms with Crippen LogP contribution in [0, 0.1) is 17.3 Å². The van der Waals surface area contributed by atoms with Crippen LogP contribution < -0.4 is 9.64 Å². The van der Waals surface area contributed by atoms with Gasteiger partial charge in [0.25, 0.3) is 5.95 Å². The molecule has 10 heteroatoms. The molecular weight excluding hydrogens is 416 g/mol. The van der Waals surface area contributed by atoms with Crippen LogP contribution in [-0.2, 0) is 12.7 Å². The summed E-state index contributed by atoms with van der Waals surface area (Å²) in [6, 6.07) is 5.27. The summed E-state index contributed by atoms with van der Waals surface area (Å²) in [5.41, 5.74) is 0.268. The third-order valence-electron chi connectivity index (χ3n) is 5.47. The SMILES string of the molecule is C=CCOc1cc(-c2nccc(C#N)c2N2CCC(F)(c3nncn3C)CC2)cnc1F. The summed E-state index contributed by atoms with van der Waals surface area (Å²) in [7, 11) is 1.71. The standard InChI is InChI=1S/C22H21F2N7O/c1-3-10-32-17-11-16(13-27-20(17)23)18-19(15(12-25)4-7-26-18)31-8-5-22(24,6-9-31)21-29-28-14-30(21)2/h3-4,7,11,13-14H,1,5-6,8-10H2,2H3. The van der Waals surface area contributed by atoms with Gasteiger partial charge < -0.3 is 14.2 Å². The molecule has 0 radical (unpaired) electrons. The van der Waals surface area contributed by atoms with Crippen LogP contribution in [0.5, 0.6) is 5.75 Å². The van der Waals surface area contributed by atoms with Gasteiger partial charge in [0.2, 0.25) is 0 Å². The second-order valence-electron chi connectivity index (χ2n) is 7.50. The Balaban J connectivity index is 1.68. The van der Waals surface area contributed by atoms with E-state index in [1.54, 1.807) is 17.7 Å². The van der Waals surface area contributed by atoms with Crippen molar-refractivity contribution in [3.8, 4) is 23.1 Å². The Morgan fingerprint density at radius 2 is 2.12 bits per heavy atom. The number of rotatable bonds is 6. The molecule has 0 spiro atoms. The normalized spacial score (nSPS) is 15.2. The smallest absolute Gasteiger partial charge is 0.255 e. The van der Waals surface area contributed by atoms with E-state index in [1.165, 1.54) is 30.9 Å². The summed E-state index contributed by atoms with van der Waals surface area (Å²) in [5, 5.41) is 17.4. The molecule has 3 aromatic rings. The number of aromatic nitrogens is 5. The fourth-order valence-corrected chi connectivity index (χ4v) is 3.88. The minimum atomic E-state index is -1.61. The lowest BCUT2D eigenvalue weighted by Gasteiger charge is -2.37. The quantitative estimate of drug-likeness (QED) is 0.431. The minimum absolute atomic E-state index is 0.0405. The van der Waals surface area contributed by atoms with Crippen LogP contribution in [-0.4, -0.2) is 44.4 Å². The lowest BCUT2D eigenvalue weighted by molar-refractivity contribution is 0.109. The maximum atomic E-state index is 15.6. The van der Waals surface area contributed by atoms with Gasteiger partial charge in [-0.25, -0.2) is 9.37 Å². The third-order valence-corrected chi connectivity index (χ3v) is 5.47. The number of alkyl halides is 1. The first-order valence-electron chi connectivity index (χ1n) is 10.0. The zero-order valence-corrected chi connectivity index (χ0v) is 17.5. The van der Waals surface area contributed by atoms with E-state index in [2.05, 4.69) is 32.8 Å². The van der Waals surface area contributed by atoms with E-state index in [4.69, 9.17) is 4.74 Å². The lowest BCUT2D eigenvalue weighted by atomic mass is 9.91. The number of piperidine rings is 1. The molecule has 1 aliphatic rings. The van der Waals surface area contributed by atoms with Gasteiger partial charge >= 0.3 is 0 Å². The van der Waals surface area contributed by atoms with Crippen molar-refractivity contribution in [2.75, 3.05) is 24.6 Å². The van der Waals surface area contributed by atoms with Crippen LogP contribution in [0.1, 0.15) is 24.2 Å². The van der Waals surface area contributed by atoms with E-state index in [0.29, 0.717) is 35.6 Å². The van der Waals surface area contributed by atoms with Crippen molar-refractivity contribution in [2.45, 2.75) is 18.5 Å². The molecule has 164 valence electrons. The molecule has 0 amide bonds. The zero-order valence-electron chi connectivity index (χ0n) is 17.5. The Labute approximate surface area is 183 Å².